The van der Waals surface area contributed by atoms with Gasteiger partial charge in [0.2, 0.25) is 5.91 Å². The number of nitrogens with one attached hydrogen (secondary N) is 1. The Balaban J connectivity index is 2.17. The number of ether oxygens (including phenoxy) is 1. The lowest BCUT2D eigenvalue weighted by Gasteiger charge is -2.05. The summed E-state index contributed by atoms with van der Waals surface area (Å²) >= 11 is 0. The number of benzene rings is 1. The molecule has 0 spiro atoms. The van der Waals surface area contributed by atoms with Crippen LogP contribution in [0.25, 0.3) is 0 Å². The van der Waals surface area contributed by atoms with Crippen LogP contribution in [0.5, 0.6) is 0 Å². The van der Waals surface area contributed by atoms with Gasteiger partial charge in [0.15, 0.2) is 0 Å². The van der Waals surface area contributed by atoms with E-state index in [1.165, 1.54) is 0 Å². The van der Waals surface area contributed by atoms with Gasteiger partial charge < -0.3 is 15.8 Å². The van der Waals surface area contributed by atoms with Gasteiger partial charge in [-0.2, -0.15) is 5.26 Å². The third kappa shape index (κ3) is 5.54. The van der Waals surface area contributed by atoms with Crippen LogP contribution in [0.15, 0.2) is 24.3 Å². The molecule has 0 heterocycles. The second-order valence-electron chi connectivity index (χ2n) is 3.49. The van der Waals surface area contributed by atoms with Gasteiger partial charge in [-0.25, -0.2) is 0 Å². The van der Waals surface area contributed by atoms with E-state index in [0.717, 1.165) is 5.56 Å². The zero-order valence-corrected chi connectivity index (χ0v) is 9.48. The first kappa shape index (κ1) is 13.0. The molecule has 5 nitrogen and oxygen atoms in total. The van der Waals surface area contributed by atoms with Crippen LogP contribution in [0.1, 0.15) is 12.0 Å². The average molecular weight is 233 g/mol. The van der Waals surface area contributed by atoms with Gasteiger partial charge in [-0.3, -0.25) is 4.79 Å². The van der Waals surface area contributed by atoms with Gasteiger partial charge in [-0.1, -0.05) is 12.1 Å². The topological polar surface area (TPSA) is 88.1 Å². The van der Waals surface area contributed by atoms with E-state index in [4.69, 9.17) is 15.7 Å². The number of hydrogen-bond donors (Lipinski definition) is 2. The number of rotatable bonds is 6. The Kier molecular flexibility index (Phi) is 5.55. The molecule has 0 unspecified atom stereocenters. The number of nitriles is 1. The van der Waals surface area contributed by atoms with E-state index in [-0.39, 0.29) is 12.5 Å². The molecule has 0 bridgehead atoms. The molecule has 5 heteroatoms. The van der Waals surface area contributed by atoms with Crippen molar-refractivity contribution in [1.29, 1.82) is 5.26 Å². The van der Waals surface area contributed by atoms with E-state index in [1.54, 1.807) is 12.1 Å². The summed E-state index contributed by atoms with van der Waals surface area (Å²) in [6.45, 7) is 0.725. The van der Waals surface area contributed by atoms with E-state index >= 15 is 0 Å². The number of anilines is 1. The molecule has 3 N–H and O–H groups in total. The summed E-state index contributed by atoms with van der Waals surface area (Å²) in [6, 6.07) is 9.21. The van der Waals surface area contributed by atoms with Gasteiger partial charge in [-0.05, 0) is 17.7 Å². The smallest absolute Gasteiger partial charge is 0.246 e. The van der Waals surface area contributed by atoms with E-state index in [9.17, 15) is 4.79 Å². The first-order chi connectivity index (χ1) is 8.22. The van der Waals surface area contributed by atoms with Gasteiger partial charge in [0.05, 0.1) is 19.1 Å². The number of hydrogen-bond acceptors (Lipinski definition) is 4. The monoisotopic (exact) mass is 233 g/mol. The maximum absolute atomic E-state index is 11.2. The minimum Gasteiger partial charge on any atom is -0.399 e. The van der Waals surface area contributed by atoms with E-state index in [1.807, 2.05) is 18.2 Å². The van der Waals surface area contributed by atoms with Crippen molar-refractivity contribution in [2.75, 3.05) is 18.9 Å². The highest BCUT2D eigenvalue weighted by atomic mass is 16.5. The fraction of sp³-hybridized carbons (Fsp3) is 0.333. The molecule has 1 amide bonds. The number of amides is 1. The Morgan fingerprint density at radius 3 is 2.76 bits per heavy atom. The molecule has 0 aromatic heterocycles. The predicted octanol–water partition coefficient (Wildman–Crippen LogP) is 0.815. The molecule has 0 aliphatic heterocycles. The highest BCUT2D eigenvalue weighted by Gasteiger charge is 2.00. The Morgan fingerprint density at radius 1 is 1.41 bits per heavy atom. The lowest BCUT2D eigenvalue weighted by atomic mass is 10.2. The third-order valence-electron chi connectivity index (χ3n) is 2.04. The first-order valence-electron chi connectivity index (χ1n) is 5.28. The number of nitrogen functional groups attached to an aromatic ring is 1. The second kappa shape index (κ2) is 7.25. The Morgan fingerprint density at radius 2 is 2.12 bits per heavy atom. The van der Waals surface area contributed by atoms with E-state index in [2.05, 4.69) is 5.32 Å². The van der Waals surface area contributed by atoms with Crippen LogP contribution in [-0.4, -0.2) is 19.1 Å². The van der Waals surface area contributed by atoms with Crippen molar-refractivity contribution in [2.45, 2.75) is 13.0 Å². The van der Waals surface area contributed by atoms with Crippen LogP contribution in [-0.2, 0) is 16.1 Å². The third-order valence-corrected chi connectivity index (χ3v) is 2.04. The highest BCUT2D eigenvalue weighted by molar-refractivity contribution is 5.77. The summed E-state index contributed by atoms with van der Waals surface area (Å²) in [6.07, 6.45) is 0.309. The Hall–Kier alpha value is -2.06. The SMILES string of the molecule is N#CCCNC(=O)COCc1ccc(N)cc1. The van der Waals surface area contributed by atoms with Crippen molar-refractivity contribution < 1.29 is 9.53 Å². The van der Waals surface area contributed by atoms with E-state index < -0.39 is 0 Å². The first-order valence-corrected chi connectivity index (χ1v) is 5.28. The molecule has 0 aliphatic rings. The standard InChI is InChI=1S/C12H15N3O2/c13-6-1-7-15-12(16)9-17-8-10-2-4-11(14)5-3-10/h2-5H,1,7-9,14H2,(H,15,16). The molecule has 17 heavy (non-hydrogen) atoms. The van der Waals surface area contributed by atoms with Crippen LogP contribution >= 0.6 is 0 Å². The zero-order valence-electron chi connectivity index (χ0n) is 9.48. The number of nitrogens with two attached hydrogens (primary N) is 1. The lowest BCUT2D eigenvalue weighted by Crippen LogP contribution is -2.28. The molecular formula is C12H15N3O2. The van der Waals surface area contributed by atoms with Crippen molar-refractivity contribution in [3.63, 3.8) is 0 Å². The van der Waals surface area contributed by atoms with Crippen LogP contribution in [0.4, 0.5) is 5.69 Å². The Labute approximate surface area is 100 Å². The summed E-state index contributed by atoms with van der Waals surface area (Å²) in [7, 11) is 0. The fourth-order valence-electron chi connectivity index (χ4n) is 1.18. The maximum Gasteiger partial charge on any atom is 0.246 e. The predicted molar refractivity (Wildman–Crippen MR) is 63.8 cm³/mol. The minimum atomic E-state index is -0.212. The van der Waals surface area contributed by atoms with Crippen molar-refractivity contribution >= 4 is 11.6 Å². The molecule has 90 valence electrons. The number of nitrogens with zero attached hydrogens (tertiary/aromatic N) is 1. The summed E-state index contributed by atoms with van der Waals surface area (Å²) in [5, 5.41) is 10.9. The van der Waals surface area contributed by atoms with Crippen molar-refractivity contribution in [3.05, 3.63) is 29.8 Å². The minimum absolute atomic E-state index is 0.00416. The Bertz CT molecular complexity index is 395. The molecule has 0 saturated heterocycles. The maximum atomic E-state index is 11.2. The normalized spacial score (nSPS) is 9.59. The van der Waals surface area contributed by atoms with Gasteiger partial charge in [0.1, 0.15) is 6.61 Å². The van der Waals surface area contributed by atoms with Crippen LogP contribution in [0.3, 0.4) is 0 Å². The molecular weight excluding hydrogens is 218 g/mol. The van der Waals surface area contributed by atoms with Gasteiger partial charge in [-0.15, -0.1) is 0 Å². The summed E-state index contributed by atoms with van der Waals surface area (Å²) in [5.74, 6) is -0.212. The zero-order chi connectivity index (χ0) is 12.5. The van der Waals surface area contributed by atoms with Crippen molar-refractivity contribution in [1.82, 2.24) is 5.32 Å². The molecule has 0 atom stereocenters. The van der Waals surface area contributed by atoms with Crippen LogP contribution < -0.4 is 11.1 Å². The van der Waals surface area contributed by atoms with Crippen LogP contribution in [0, 0.1) is 11.3 Å². The summed E-state index contributed by atoms with van der Waals surface area (Å²) in [4.78, 5) is 11.2. The lowest BCUT2D eigenvalue weighted by molar-refractivity contribution is -0.126. The van der Waals surface area contributed by atoms with Gasteiger partial charge >= 0.3 is 0 Å². The molecule has 0 radical (unpaired) electrons. The fourth-order valence-corrected chi connectivity index (χ4v) is 1.18. The summed E-state index contributed by atoms with van der Waals surface area (Å²) < 4.78 is 5.22. The quantitative estimate of drug-likeness (QED) is 0.562. The van der Waals surface area contributed by atoms with Gasteiger partial charge in [0, 0.05) is 12.2 Å². The average Bonchev–Trinajstić information content (AvgIpc) is 2.32. The molecule has 1 aromatic rings. The molecule has 0 saturated carbocycles. The second-order valence-corrected chi connectivity index (χ2v) is 3.49. The van der Waals surface area contributed by atoms with Crippen molar-refractivity contribution in [2.24, 2.45) is 0 Å². The molecule has 0 fully saturated rings. The van der Waals surface area contributed by atoms with Crippen molar-refractivity contribution in [3.8, 4) is 6.07 Å². The van der Waals surface area contributed by atoms with Gasteiger partial charge in [0.25, 0.3) is 0 Å². The van der Waals surface area contributed by atoms with E-state index in [0.29, 0.717) is 25.3 Å². The highest BCUT2D eigenvalue weighted by Crippen LogP contribution is 2.06. The van der Waals surface area contributed by atoms with Crippen LogP contribution in [0.2, 0.25) is 0 Å². The number of carbonyl (C=O) groups excluding carboxylic acids is 1. The largest absolute Gasteiger partial charge is 0.399 e. The molecule has 0 aliphatic carbocycles. The summed E-state index contributed by atoms with van der Waals surface area (Å²) in [5.41, 5.74) is 7.20. The molecule has 1 aromatic carbocycles. The molecule has 1 rings (SSSR count). The number of carbonyl (C=O) groups is 1.